The summed E-state index contributed by atoms with van der Waals surface area (Å²) in [6.07, 6.45) is 0.736. The number of hydrogen-bond donors (Lipinski definition) is 1. The number of thioether (sulfide) groups is 1. The lowest BCUT2D eigenvalue weighted by Crippen LogP contribution is -2.30. The number of benzene rings is 2. The second-order valence-electron chi connectivity index (χ2n) is 8.32. The Balaban J connectivity index is 1.44. The number of amides is 1. The molecule has 2 heterocycles. The van der Waals surface area contributed by atoms with E-state index >= 15 is 0 Å². The molecule has 1 N–H and O–H groups in total. The molecular formula is C23H23N5O2S2. The van der Waals surface area contributed by atoms with Gasteiger partial charge in [-0.1, -0.05) is 92.4 Å². The number of aromatic nitrogens is 4. The number of carbonyl (C=O) groups excluding carboxylic acids is 1. The number of fused-ring (bicyclic) bond motifs is 1. The fourth-order valence-corrected chi connectivity index (χ4v) is 4.82. The number of carbonyl (C=O) groups is 1. The highest BCUT2D eigenvalue weighted by Crippen LogP contribution is 2.25. The topological polar surface area (TPSA) is 89.2 Å². The average molecular weight is 466 g/mol. The Bertz CT molecular complexity index is 1310. The van der Waals surface area contributed by atoms with Crippen molar-refractivity contribution in [2.75, 3.05) is 11.1 Å². The number of para-hydroxylation sites is 1. The lowest BCUT2D eigenvalue weighted by Gasteiger charge is -2.14. The van der Waals surface area contributed by atoms with E-state index in [1.165, 1.54) is 33.2 Å². The van der Waals surface area contributed by atoms with Crippen molar-refractivity contribution in [1.29, 1.82) is 0 Å². The van der Waals surface area contributed by atoms with Crippen molar-refractivity contribution in [2.45, 2.75) is 36.9 Å². The van der Waals surface area contributed by atoms with E-state index in [4.69, 9.17) is 0 Å². The molecule has 0 saturated carbocycles. The van der Waals surface area contributed by atoms with Gasteiger partial charge in [-0.2, -0.15) is 4.52 Å². The Hall–Kier alpha value is -3.04. The summed E-state index contributed by atoms with van der Waals surface area (Å²) >= 11 is 2.52. The van der Waals surface area contributed by atoms with Gasteiger partial charge >= 0.3 is 0 Å². The molecule has 4 aromatic rings. The zero-order valence-electron chi connectivity index (χ0n) is 18.0. The van der Waals surface area contributed by atoms with Crippen molar-refractivity contribution < 1.29 is 4.79 Å². The number of hydrogen-bond acceptors (Lipinski definition) is 7. The molecule has 0 aliphatic heterocycles. The molecular weight excluding hydrogens is 442 g/mol. The predicted molar refractivity (Wildman–Crippen MR) is 129 cm³/mol. The van der Waals surface area contributed by atoms with E-state index in [2.05, 4.69) is 32.7 Å². The van der Waals surface area contributed by atoms with Crippen LogP contribution in [0.25, 0.3) is 4.96 Å². The minimum absolute atomic E-state index is 0.136. The zero-order valence-corrected chi connectivity index (χ0v) is 19.7. The van der Waals surface area contributed by atoms with Crippen LogP contribution in [0, 0.1) is 0 Å². The first-order chi connectivity index (χ1) is 15.3. The highest BCUT2D eigenvalue weighted by atomic mass is 32.2. The Morgan fingerprint density at radius 2 is 1.78 bits per heavy atom. The fourth-order valence-electron chi connectivity index (χ4n) is 3.15. The first-order valence-corrected chi connectivity index (χ1v) is 11.9. The second kappa shape index (κ2) is 9.22. The molecule has 1 amide bonds. The Kier molecular flexibility index (Phi) is 6.38. The van der Waals surface area contributed by atoms with Crippen molar-refractivity contribution in [2.24, 2.45) is 0 Å². The molecule has 0 aliphatic rings. The maximum Gasteiger partial charge on any atom is 0.297 e. The van der Waals surface area contributed by atoms with Crippen LogP contribution in [-0.2, 0) is 16.6 Å². The van der Waals surface area contributed by atoms with Crippen LogP contribution in [0.4, 0.5) is 5.69 Å². The van der Waals surface area contributed by atoms with Gasteiger partial charge in [0, 0.05) is 11.1 Å². The number of rotatable bonds is 6. The SMILES string of the molecule is CC(C)(C)c1nnc2sc(SCC(=O)Nc3ccccc3Cc3ccccc3)nn2c1=O. The lowest BCUT2D eigenvalue weighted by molar-refractivity contribution is -0.113. The zero-order chi connectivity index (χ0) is 22.7. The molecule has 0 unspecified atom stereocenters. The molecule has 0 saturated heterocycles. The molecule has 7 nitrogen and oxygen atoms in total. The van der Waals surface area contributed by atoms with E-state index < -0.39 is 5.41 Å². The summed E-state index contributed by atoms with van der Waals surface area (Å²) in [5.74, 6) is 0.0388. The summed E-state index contributed by atoms with van der Waals surface area (Å²) in [7, 11) is 0. The van der Waals surface area contributed by atoms with Gasteiger partial charge in [0.25, 0.3) is 5.56 Å². The van der Waals surface area contributed by atoms with Gasteiger partial charge in [0.1, 0.15) is 5.69 Å². The Morgan fingerprint density at radius 1 is 1.06 bits per heavy atom. The normalized spacial score (nSPS) is 11.6. The maximum atomic E-state index is 12.7. The van der Waals surface area contributed by atoms with Gasteiger partial charge in [-0.05, 0) is 23.6 Å². The lowest BCUT2D eigenvalue weighted by atomic mass is 9.93. The first kappa shape index (κ1) is 22.2. The first-order valence-electron chi connectivity index (χ1n) is 10.1. The molecule has 0 aliphatic carbocycles. The summed E-state index contributed by atoms with van der Waals surface area (Å²) in [6.45, 7) is 5.73. The van der Waals surface area contributed by atoms with E-state index in [1.807, 2.05) is 63.2 Å². The van der Waals surface area contributed by atoms with E-state index in [-0.39, 0.29) is 17.2 Å². The predicted octanol–water partition coefficient (Wildman–Crippen LogP) is 4.17. The van der Waals surface area contributed by atoms with Crippen LogP contribution in [0.2, 0.25) is 0 Å². The summed E-state index contributed by atoms with van der Waals surface area (Å²) in [6, 6.07) is 17.9. The standard InChI is InChI=1S/C23H23N5O2S2/c1-23(2,3)19-20(30)28-21(26-25-19)32-22(27-28)31-14-18(29)24-17-12-8-7-11-16(17)13-15-9-5-4-6-10-15/h4-12H,13-14H2,1-3H3,(H,24,29). The van der Waals surface area contributed by atoms with Crippen LogP contribution in [-0.4, -0.2) is 31.5 Å². The van der Waals surface area contributed by atoms with Gasteiger partial charge in [-0.15, -0.1) is 15.3 Å². The third-order valence-electron chi connectivity index (χ3n) is 4.74. The minimum atomic E-state index is -0.421. The molecule has 0 spiro atoms. The van der Waals surface area contributed by atoms with Crippen LogP contribution in [0.5, 0.6) is 0 Å². The van der Waals surface area contributed by atoms with Crippen molar-refractivity contribution in [3.63, 3.8) is 0 Å². The summed E-state index contributed by atoms with van der Waals surface area (Å²) in [5, 5.41) is 15.6. The molecule has 0 radical (unpaired) electrons. The van der Waals surface area contributed by atoms with Gasteiger partial charge in [-0.25, -0.2) is 0 Å². The number of nitrogens with zero attached hydrogens (tertiary/aromatic N) is 4. The van der Waals surface area contributed by atoms with Crippen LogP contribution in [0.15, 0.2) is 63.7 Å². The molecule has 2 aromatic carbocycles. The van der Waals surface area contributed by atoms with Crippen LogP contribution in [0.1, 0.15) is 37.6 Å². The summed E-state index contributed by atoms with van der Waals surface area (Å²) < 4.78 is 1.86. The third-order valence-corrected chi connectivity index (χ3v) is 6.77. The molecule has 0 bridgehead atoms. The molecule has 32 heavy (non-hydrogen) atoms. The number of anilines is 1. The largest absolute Gasteiger partial charge is 0.325 e. The van der Waals surface area contributed by atoms with Crippen molar-refractivity contribution in [3.05, 3.63) is 81.8 Å². The van der Waals surface area contributed by atoms with E-state index in [1.54, 1.807) is 0 Å². The van der Waals surface area contributed by atoms with Crippen molar-refractivity contribution in [3.8, 4) is 0 Å². The van der Waals surface area contributed by atoms with Gasteiger partial charge in [0.05, 0.1) is 5.75 Å². The monoisotopic (exact) mass is 465 g/mol. The van der Waals surface area contributed by atoms with Gasteiger partial charge in [-0.3, -0.25) is 9.59 Å². The minimum Gasteiger partial charge on any atom is -0.325 e. The molecule has 0 fully saturated rings. The van der Waals surface area contributed by atoms with Crippen molar-refractivity contribution >= 4 is 39.7 Å². The third kappa shape index (κ3) is 5.05. The molecule has 9 heteroatoms. The smallest absolute Gasteiger partial charge is 0.297 e. The fraction of sp³-hybridized carbons (Fsp3) is 0.261. The number of nitrogens with one attached hydrogen (secondary N) is 1. The van der Waals surface area contributed by atoms with Gasteiger partial charge in [0.15, 0.2) is 4.34 Å². The van der Waals surface area contributed by atoms with Gasteiger partial charge in [0.2, 0.25) is 10.9 Å². The van der Waals surface area contributed by atoms with E-state index in [9.17, 15) is 9.59 Å². The van der Waals surface area contributed by atoms with Gasteiger partial charge < -0.3 is 5.32 Å². The van der Waals surface area contributed by atoms with Crippen LogP contribution in [0.3, 0.4) is 0 Å². The van der Waals surface area contributed by atoms with E-state index in [0.717, 1.165) is 17.7 Å². The molecule has 164 valence electrons. The van der Waals surface area contributed by atoms with Crippen LogP contribution < -0.4 is 10.9 Å². The Labute approximate surface area is 193 Å². The second-order valence-corrected chi connectivity index (χ2v) is 10.5. The van der Waals surface area contributed by atoms with E-state index in [0.29, 0.717) is 15.0 Å². The maximum absolute atomic E-state index is 12.7. The highest BCUT2D eigenvalue weighted by molar-refractivity contribution is 8.01. The molecule has 0 atom stereocenters. The molecule has 4 rings (SSSR count). The highest BCUT2D eigenvalue weighted by Gasteiger charge is 2.23. The summed E-state index contributed by atoms with van der Waals surface area (Å²) in [4.78, 5) is 25.7. The summed E-state index contributed by atoms with van der Waals surface area (Å²) in [5.41, 5.74) is 2.69. The Morgan fingerprint density at radius 3 is 2.53 bits per heavy atom. The average Bonchev–Trinajstić information content (AvgIpc) is 3.18. The van der Waals surface area contributed by atoms with Crippen LogP contribution >= 0.6 is 23.1 Å². The molecule has 2 aromatic heterocycles. The quantitative estimate of drug-likeness (QED) is 0.430. The van der Waals surface area contributed by atoms with Crippen molar-refractivity contribution in [1.82, 2.24) is 19.8 Å².